The fourth-order valence-electron chi connectivity index (χ4n) is 4.18. The minimum Gasteiger partial charge on any atom is -0.359 e. The van der Waals surface area contributed by atoms with E-state index < -0.39 is 0 Å². The summed E-state index contributed by atoms with van der Waals surface area (Å²) in [5.41, 5.74) is 2.96. The van der Waals surface area contributed by atoms with Gasteiger partial charge in [0.05, 0.1) is 6.54 Å². The predicted octanol–water partition coefficient (Wildman–Crippen LogP) is 1.86. The molecule has 6 heteroatoms. The van der Waals surface area contributed by atoms with Crippen LogP contribution in [0, 0.1) is 5.92 Å². The molecule has 1 fully saturated rings. The number of likely N-dealkylation sites (tertiary alicyclic amines) is 1. The molecule has 154 valence electrons. The highest BCUT2D eigenvalue weighted by molar-refractivity contribution is 5.80. The maximum Gasteiger partial charge on any atom is 0.220 e. The number of carbonyl (C=O) groups is 1. The molecule has 3 rings (SSSR count). The van der Waals surface area contributed by atoms with Gasteiger partial charge < -0.3 is 15.5 Å². The van der Waals surface area contributed by atoms with E-state index in [-0.39, 0.29) is 5.91 Å². The molecule has 2 N–H and O–H groups in total. The Morgan fingerprint density at radius 3 is 2.64 bits per heavy atom. The van der Waals surface area contributed by atoms with Gasteiger partial charge in [0.2, 0.25) is 5.91 Å². The van der Waals surface area contributed by atoms with Gasteiger partial charge in [-0.15, -0.1) is 0 Å². The van der Waals surface area contributed by atoms with Gasteiger partial charge in [-0.1, -0.05) is 24.3 Å². The van der Waals surface area contributed by atoms with Crippen molar-refractivity contribution in [1.29, 1.82) is 0 Å². The average Bonchev–Trinajstić information content (AvgIpc) is 2.73. The molecule has 2 aliphatic heterocycles. The molecule has 1 aromatic carbocycles. The molecule has 0 aliphatic carbocycles. The van der Waals surface area contributed by atoms with Crippen molar-refractivity contribution in [3.8, 4) is 0 Å². The smallest absolute Gasteiger partial charge is 0.220 e. The van der Waals surface area contributed by atoms with Gasteiger partial charge in [-0.25, -0.2) is 0 Å². The molecule has 1 amide bonds. The zero-order valence-electron chi connectivity index (χ0n) is 17.4. The predicted molar refractivity (Wildman–Crippen MR) is 114 cm³/mol. The molecular formula is C22H35N5O. The summed E-state index contributed by atoms with van der Waals surface area (Å²) in [6.07, 6.45) is 3.90. The molecule has 0 bridgehead atoms. The molecule has 0 spiro atoms. The van der Waals surface area contributed by atoms with Crippen LogP contribution < -0.4 is 10.6 Å². The molecule has 0 unspecified atom stereocenters. The standard InChI is InChI=1S/C22H35N5O/c1-3-24-22(27-13-8-18(9-14-27)16-21(28)23-2)25-11-15-26-12-10-19-6-4-5-7-20(19)17-26/h4-7,18H,3,8-17H2,1-2H3,(H,23,28)(H,24,25). The number of carbonyl (C=O) groups excluding carboxylic acids is 1. The fourth-order valence-corrected chi connectivity index (χ4v) is 4.18. The summed E-state index contributed by atoms with van der Waals surface area (Å²) in [4.78, 5) is 21.4. The third-order valence-corrected chi connectivity index (χ3v) is 5.89. The van der Waals surface area contributed by atoms with Crippen molar-refractivity contribution in [3.05, 3.63) is 35.4 Å². The Bertz CT molecular complexity index is 667. The Kier molecular flexibility index (Phi) is 7.71. The second kappa shape index (κ2) is 10.5. The number of hydrogen-bond donors (Lipinski definition) is 2. The fraction of sp³-hybridized carbons (Fsp3) is 0.636. The lowest BCUT2D eigenvalue weighted by atomic mass is 9.93. The van der Waals surface area contributed by atoms with Crippen LogP contribution in [0.15, 0.2) is 29.3 Å². The molecule has 1 aromatic rings. The summed E-state index contributed by atoms with van der Waals surface area (Å²) in [5.74, 6) is 1.67. The number of rotatable bonds is 6. The Labute approximate surface area is 169 Å². The topological polar surface area (TPSA) is 60.0 Å². The number of guanidine groups is 1. The number of aliphatic imine (C=N–C) groups is 1. The molecule has 2 heterocycles. The van der Waals surface area contributed by atoms with Gasteiger partial charge in [0.1, 0.15) is 0 Å². The van der Waals surface area contributed by atoms with Crippen molar-refractivity contribution >= 4 is 11.9 Å². The Hall–Kier alpha value is -2.08. The van der Waals surface area contributed by atoms with Crippen LogP contribution in [0.5, 0.6) is 0 Å². The van der Waals surface area contributed by atoms with E-state index in [1.165, 1.54) is 11.1 Å². The third-order valence-electron chi connectivity index (χ3n) is 5.89. The van der Waals surface area contributed by atoms with Crippen LogP contribution in [0.2, 0.25) is 0 Å². The van der Waals surface area contributed by atoms with Crippen LogP contribution in [-0.2, 0) is 17.8 Å². The van der Waals surface area contributed by atoms with E-state index in [1.54, 1.807) is 7.05 Å². The number of piperidine rings is 1. The molecule has 0 aromatic heterocycles. The first kappa shape index (κ1) is 20.6. The minimum atomic E-state index is 0.155. The summed E-state index contributed by atoms with van der Waals surface area (Å²) in [7, 11) is 1.72. The number of fused-ring (bicyclic) bond motifs is 1. The van der Waals surface area contributed by atoms with E-state index in [0.29, 0.717) is 12.3 Å². The number of hydrogen-bond acceptors (Lipinski definition) is 3. The lowest BCUT2D eigenvalue weighted by molar-refractivity contribution is -0.121. The van der Waals surface area contributed by atoms with Crippen molar-refractivity contribution < 1.29 is 4.79 Å². The number of amides is 1. The molecule has 2 aliphatic rings. The summed E-state index contributed by atoms with van der Waals surface area (Å²) < 4.78 is 0. The summed E-state index contributed by atoms with van der Waals surface area (Å²) in [6.45, 7) is 8.93. The lowest BCUT2D eigenvalue weighted by Gasteiger charge is -2.34. The van der Waals surface area contributed by atoms with Gasteiger partial charge >= 0.3 is 0 Å². The van der Waals surface area contributed by atoms with Crippen LogP contribution in [-0.4, -0.2) is 68.0 Å². The van der Waals surface area contributed by atoms with Crippen LogP contribution >= 0.6 is 0 Å². The first-order chi connectivity index (χ1) is 13.7. The van der Waals surface area contributed by atoms with Crippen LogP contribution in [0.4, 0.5) is 0 Å². The van der Waals surface area contributed by atoms with Crippen LogP contribution in [0.1, 0.15) is 37.3 Å². The van der Waals surface area contributed by atoms with Crippen molar-refractivity contribution in [2.75, 3.05) is 46.3 Å². The Morgan fingerprint density at radius 1 is 1.18 bits per heavy atom. The van der Waals surface area contributed by atoms with E-state index in [9.17, 15) is 4.79 Å². The van der Waals surface area contributed by atoms with Crippen LogP contribution in [0.25, 0.3) is 0 Å². The molecule has 0 atom stereocenters. The highest BCUT2D eigenvalue weighted by atomic mass is 16.1. The zero-order valence-corrected chi connectivity index (χ0v) is 17.4. The van der Waals surface area contributed by atoms with Crippen molar-refractivity contribution in [3.63, 3.8) is 0 Å². The highest BCUT2D eigenvalue weighted by Gasteiger charge is 2.23. The normalized spacial score (nSPS) is 18.6. The first-order valence-corrected chi connectivity index (χ1v) is 10.7. The van der Waals surface area contributed by atoms with Crippen molar-refractivity contribution in [2.24, 2.45) is 10.9 Å². The lowest BCUT2D eigenvalue weighted by Crippen LogP contribution is -2.46. The van der Waals surface area contributed by atoms with E-state index >= 15 is 0 Å². The van der Waals surface area contributed by atoms with Gasteiger partial charge in [-0.05, 0) is 43.2 Å². The molecule has 28 heavy (non-hydrogen) atoms. The SMILES string of the molecule is CCNC(=NCCN1CCc2ccccc2C1)N1CCC(CC(=O)NC)CC1. The summed E-state index contributed by atoms with van der Waals surface area (Å²) in [5, 5.41) is 6.19. The van der Waals surface area contributed by atoms with E-state index in [0.717, 1.165) is 71.0 Å². The quantitative estimate of drug-likeness (QED) is 0.580. The van der Waals surface area contributed by atoms with Gasteiger partial charge in [0.15, 0.2) is 5.96 Å². The minimum absolute atomic E-state index is 0.155. The summed E-state index contributed by atoms with van der Waals surface area (Å²) in [6, 6.07) is 8.77. The zero-order chi connectivity index (χ0) is 19.8. The number of nitrogens with one attached hydrogen (secondary N) is 2. The Balaban J connectivity index is 1.48. The van der Waals surface area contributed by atoms with E-state index in [1.807, 2.05) is 0 Å². The van der Waals surface area contributed by atoms with Gasteiger partial charge in [-0.2, -0.15) is 0 Å². The maximum atomic E-state index is 11.6. The molecule has 1 saturated heterocycles. The second-order valence-corrected chi connectivity index (χ2v) is 7.84. The van der Waals surface area contributed by atoms with Gasteiger partial charge in [0.25, 0.3) is 0 Å². The second-order valence-electron chi connectivity index (χ2n) is 7.84. The summed E-state index contributed by atoms with van der Waals surface area (Å²) >= 11 is 0. The van der Waals surface area contributed by atoms with Crippen LogP contribution in [0.3, 0.4) is 0 Å². The largest absolute Gasteiger partial charge is 0.359 e. The van der Waals surface area contributed by atoms with Crippen molar-refractivity contribution in [2.45, 2.75) is 39.2 Å². The van der Waals surface area contributed by atoms with Gasteiger partial charge in [0, 0.05) is 52.7 Å². The molecular weight excluding hydrogens is 350 g/mol. The maximum absolute atomic E-state index is 11.6. The number of nitrogens with zero attached hydrogens (tertiary/aromatic N) is 3. The number of benzene rings is 1. The first-order valence-electron chi connectivity index (χ1n) is 10.7. The molecule has 0 radical (unpaired) electrons. The van der Waals surface area contributed by atoms with E-state index in [4.69, 9.17) is 4.99 Å². The molecule has 6 nitrogen and oxygen atoms in total. The Morgan fingerprint density at radius 2 is 1.93 bits per heavy atom. The molecule has 0 saturated carbocycles. The third kappa shape index (κ3) is 5.71. The monoisotopic (exact) mass is 385 g/mol. The highest BCUT2D eigenvalue weighted by Crippen LogP contribution is 2.21. The van der Waals surface area contributed by atoms with Crippen molar-refractivity contribution in [1.82, 2.24) is 20.4 Å². The van der Waals surface area contributed by atoms with E-state index in [2.05, 4.69) is 51.6 Å². The average molecular weight is 386 g/mol. The van der Waals surface area contributed by atoms with Gasteiger partial charge in [-0.3, -0.25) is 14.7 Å².